The summed E-state index contributed by atoms with van der Waals surface area (Å²) >= 11 is 0. The molecule has 0 aromatic carbocycles. The lowest BCUT2D eigenvalue weighted by Crippen LogP contribution is -1.96. The van der Waals surface area contributed by atoms with E-state index >= 15 is 0 Å². The molecule has 0 radical (unpaired) electrons. The Morgan fingerprint density at radius 3 is 2.14 bits per heavy atom. The SMILES string of the molecule is CCCCCC(=O)CCC=CCC=CCCCCC(=O)O. The molecule has 0 aliphatic carbocycles. The summed E-state index contributed by atoms with van der Waals surface area (Å²) in [6.07, 6.45) is 17.7. The topological polar surface area (TPSA) is 54.4 Å². The molecule has 0 atom stereocenters. The second-order valence-corrected chi connectivity index (χ2v) is 5.35. The van der Waals surface area contributed by atoms with Crippen LogP contribution in [0.15, 0.2) is 24.3 Å². The molecule has 21 heavy (non-hydrogen) atoms. The predicted octanol–water partition coefficient (Wildman–Crippen LogP) is 5.06. The number of hydrogen-bond acceptors (Lipinski definition) is 2. The monoisotopic (exact) mass is 294 g/mol. The number of Topliss-reactive ketones (excluding diaryl/α,β-unsaturated/α-hetero) is 1. The predicted molar refractivity (Wildman–Crippen MR) is 87.4 cm³/mol. The molecule has 0 rings (SSSR count). The molecule has 0 aliphatic rings. The summed E-state index contributed by atoms with van der Waals surface area (Å²) in [6.45, 7) is 2.15. The molecule has 3 heteroatoms. The van der Waals surface area contributed by atoms with Crippen molar-refractivity contribution >= 4 is 11.8 Å². The van der Waals surface area contributed by atoms with Crippen LogP contribution in [0.5, 0.6) is 0 Å². The smallest absolute Gasteiger partial charge is 0.303 e. The minimum atomic E-state index is -0.717. The summed E-state index contributed by atoms with van der Waals surface area (Å²) in [4.78, 5) is 21.8. The molecule has 0 amide bonds. The number of unbranched alkanes of at least 4 members (excludes halogenated alkanes) is 4. The first-order valence-corrected chi connectivity index (χ1v) is 8.20. The van der Waals surface area contributed by atoms with Gasteiger partial charge in [-0.15, -0.1) is 0 Å². The van der Waals surface area contributed by atoms with Crippen molar-refractivity contribution in [1.29, 1.82) is 0 Å². The van der Waals surface area contributed by atoms with Gasteiger partial charge in [0.25, 0.3) is 0 Å². The summed E-state index contributed by atoms with van der Waals surface area (Å²) in [6, 6.07) is 0. The first-order chi connectivity index (χ1) is 10.2. The first-order valence-electron chi connectivity index (χ1n) is 8.20. The van der Waals surface area contributed by atoms with E-state index in [1.54, 1.807) is 0 Å². The zero-order valence-corrected chi connectivity index (χ0v) is 13.4. The Labute approximate surface area is 129 Å². The summed E-state index contributed by atoms with van der Waals surface area (Å²) in [5, 5.41) is 8.48. The quantitative estimate of drug-likeness (QED) is 0.360. The van der Waals surface area contributed by atoms with Gasteiger partial charge in [-0.05, 0) is 38.5 Å². The van der Waals surface area contributed by atoms with Crippen LogP contribution in [0.1, 0.15) is 77.6 Å². The molecule has 0 fully saturated rings. The maximum Gasteiger partial charge on any atom is 0.303 e. The molecule has 1 N–H and O–H groups in total. The van der Waals surface area contributed by atoms with Gasteiger partial charge in [-0.25, -0.2) is 0 Å². The van der Waals surface area contributed by atoms with Gasteiger partial charge in [-0.1, -0.05) is 44.1 Å². The summed E-state index contributed by atoms with van der Waals surface area (Å²) in [5.74, 6) is -0.340. The van der Waals surface area contributed by atoms with E-state index in [-0.39, 0.29) is 6.42 Å². The zero-order valence-electron chi connectivity index (χ0n) is 13.4. The van der Waals surface area contributed by atoms with Crippen LogP contribution in [0.4, 0.5) is 0 Å². The average Bonchev–Trinajstić information content (AvgIpc) is 2.44. The Kier molecular flexibility index (Phi) is 14.0. The van der Waals surface area contributed by atoms with Crippen LogP contribution in [-0.2, 0) is 9.59 Å². The van der Waals surface area contributed by atoms with Gasteiger partial charge in [0, 0.05) is 19.3 Å². The van der Waals surface area contributed by atoms with E-state index in [1.807, 2.05) is 0 Å². The third-order valence-electron chi connectivity index (χ3n) is 3.27. The molecule has 0 aromatic rings. The van der Waals surface area contributed by atoms with Gasteiger partial charge in [0.15, 0.2) is 0 Å². The average molecular weight is 294 g/mol. The lowest BCUT2D eigenvalue weighted by molar-refractivity contribution is -0.137. The minimum Gasteiger partial charge on any atom is -0.481 e. The van der Waals surface area contributed by atoms with Crippen LogP contribution >= 0.6 is 0 Å². The molecule has 0 saturated carbocycles. The van der Waals surface area contributed by atoms with Crippen LogP contribution in [-0.4, -0.2) is 16.9 Å². The van der Waals surface area contributed by atoms with Crippen molar-refractivity contribution in [1.82, 2.24) is 0 Å². The number of carbonyl (C=O) groups excluding carboxylic acids is 1. The van der Waals surface area contributed by atoms with Gasteiger partial charge in [-0.2, -0.15) is 0 Å². The fraction of sp³-hybridized carbons (Fsp3) is 0.667. The van der Waals surface area contributed by atoms with Crippen molar-refractivity contribution in [3.8, 4) is 0 Å². The standard InChI is InChI=1S/C18H30O3/c1-2-3-11-14-17(19)15-12-9-7-5-4-6-8-10-13-16-18(20)21/h4,6-7,9H,2-3,5,8,10-16H2,1H3,(H,20,21). The van der Waals surface area contributed by atoms with E-state index < -0.39 is 5.97 Å². The Balaban J connectivity index is 3.39. The number of ketones is 1. The third kappa shape index (κ3) is 16.6. The zero-order chi connectivity index (χ0) is 15.8. The molecule has 0 aliphatic heterocycles. The second-order valence-electron chi connectivity index (χ2n) is 5.35. The van der Waals surface area contributed by atoms with Gasteiger partial charge in [0.05, 0.1) is 0 Å². The van der Waals surface area contributed by atoms with E-state index in [2.05, 4.69) is 31.2 Å². The number of carboxylic acid groups (broad SMARTS) is 1. The van der Waals surface area contributed by atoms with Crippen molar-refractivity contribution < 1.29 is 14.7 Å². The molecule has 120 valence electrons. The highest BCUT2D eigenvalue weighted by Gasteiger charge is 1.99. The Morgan fingerprint density at radius 1 is 0.810 bits per heavy atom. The Morgan fingerprint density at radius 2 is 1.48 bits per heavy atom. The lowest BCUT2D eigenvalue weighted by Gasteiger charge is -1.97. The fourth-order valence-corrected chi connectivity index (χ4v) is 1.99. The number of rotatable bonds is 14. The van der Waals surface area contributed by atoms with Crippen LogP contribution in [0.3, 0.4) is 0 Å². The largest absolute Gasteiger partial charge is 0.481 e. The van der Waals surface area contributed by atoms with Crippen LogP contribution in [0, 0.1) is 0 Å². The maximum absolute atomic E-state index is 11.5. The molecule has 0 saturated heterocycles. The normalized spacial score (nSPS) is 11.5. The molecule has 0 heterocycles. The molecular weight excluding hydrogens is 264 g/mol. The van der Waals surface area contributed by atoms with Crippen LogP contribution < -0.4 is 0 Å². The number of hydrogen-bond donors (Lipinski definition) is 1. The molecule has 0 unspecified atom stereocenters. The van der Waals surface area contributed by atoms with Gasteiger partial charge in [0.2, 0.25) is 0 Å². The third-order valence-corrected chi connectivity index (χ3v) is 3.27. The number of aliphatic carboxylic acids is 1. The van der Waals surface area contributed by atoms with Gasteiger partial charge in [-0.3, -0.25) is 9.59 Å². The summed E-state index contributed by atoms with van der Waals surface area (Å²) < 4.78 is 0. The van der Waals surface area contributed by atoms with E-state index in [4.69, 9.17) is 5.11 Å². The van der Waals surface area contributed by atoms with E-state index in [9.17, 15) is 9.59 Å². The Hall–Kier alpha value is -1.38. The number of carbonyl (C=O) groups is 2. The highest BCUT2D eigenvalue weighted by Crippen LogP contribution is 2.05. The summed E-state index contributed by atoms with van der Waals surface area (Å²) in [5.41, 5.74) is 0. The Bertz CT molecular complexity index is 329. The van der Waals surface area contributed by atoms with E-state index in [1.165, 1.54) is 0 Å². The van der Waals surface area contributed by atoms with Crippen molar-refractivity contribution in [2.24, 2.45) is 0 Å². The summed E-state index contributed by atoms with van der Waals surface area (Å²) in [7, 11) is 0. The van der Waals surface area contributed by atoms with Crippen molar-refractivity contribution in [3.05, 3.63) is 24.3 Å². The first kappa shape index (κ1) is 19.6. The van der Waals surface area contributed by atoms with Gasteiger partial charge < -0.3 is 5.11 Å². The van der Waals surface area contributed by atoms with Gasteiger partial charge in [0.1, 0.15) is 5.78 Å². The van der Waals surface area contributed by atoms with E-state index in [0.717, 1.165) is 57.8 Å². The minimum absolute atomic E-state index is 0.264. The van der Waals surface area contributed by atoms with Crippen molar-refractivity contribution in [3.63, 3.8) is 0 Å². The van der Waals surface area contributed by atoms with Gasteiger partial charge >= 0.3 is 5.97 Å². The molecule has 3 nitrogen and oxygen atoms in total. The molecular formula is C18H30O3. The van der Waals surface area contributed by atoms with Crippen LogP contribution in [0.25, 0.3) is 0 Å². The van der Waals surface area contributed by atoms with Crippen molar-refractivity contribution in [2.45, 2.75) is 77.6 Å². The highest BCUT2D eigenvalue weighted by molar-refractivity contribution is 5.78. The van der Waals surface area contributed by atoms with Crippen molar-refractivity contribution in [2.75, 3.05) is 0 Å². The lowest BCUT2D eigenvalue weighted by atomic mass is 10.1. The molecule has 0 bridgehead atoms. The van der Waals surface area contributed by atoms with Crippen LogP contribution in [0.2, 0.25) is 0 Å². The molecule has 0 spiro atoms. The number of allylic oxidation sites excluding steroid dienone is 4. The fourth-order valence-electron chi connectivity index (χ4n) is 1.99. The van der Waals surface area contributed by atoms with E-state index in [0.29, 0.717) is 12.2 Å². The molecule has 0 aromatic heterocycles. The highest BCUT2D eigenvalue weighted by atomic mass is 16.4. The maximum atomic E-state index is 11.5. The number of carboxylic acids is 1. The second kappa shape index (κ2) is 15.0.